The maximum absolute atomic E-state index is 14.4. The van der Waals surface area contributed by atoms with E-state index >= 15 is 0 Å². The van der Waals surface area contributed by atoms with Crippen molar-refractivity contribution in [2.75, 3.05) is 12.3 Å². The smallest absolute Gasteiger partial charge is 0.419 e. The number of ether oxygens (including phenoxy) is 1. The summed E-state index contributed by atoms with van der Waals surface area (Å²) in [6.07, 6.45) is 1.60. The van der Waals surface area contributed by atoms with Crippen molar-refractivity contribution < 1.29 is 32.5 Å². The molecule has 1 aliphatic rings. The average molecular weight is 536 g/mol. The number of nitrogens with zero attached hydrogens (tertiary/aromatic N) is 6. The molecule has 38 heavy (non-hydrogen) atoms. The van der Waals surface area contributed by atoms with Crippen molar-refractivity contribution in [2.45, 2.75) is 56.7 Å². The molecule has 4 heterocycles. The molecule has 1 saturated carbocycles. The fourth-order valence-corrected chi connectivity index (χ4v) is 4.69. The number of alkyl halides is 3. The van der Waals surface area contributed by atoms with E-state index in [0.717, 1.165) is 17.1 Å². The highest BCUT2D eigenvalue weighted by Gasteiger charge is 2.36. The van der Waals surface area contributed by atoms with E-state index in [-0.39, 0.29) is 12.6 Å². The molecule has 5 rings (SSSR count). The van der Waals surface area contributed by atoms with E-state index in [2.05, 4.69) is 15.1 Å². The monoisotopic (exact) mass is 535 g/mol. The lowest BCUT2D eigenvalue weighted by atomic mass is 9.93. The van der Waals surface area contributed by atoms with Gasteiger partial charge in [0.05, 0.1) is 42.6 Å². The molecule has 0 radical (unpaired) electrons. The Morgan fingerprint density at radius 2 is 1.92 bits per heavy atom. The molecule has 14 heteroatoms. The van der Waals surface area contributed by atoms with Crippen LogP contribution in [-0.2, 0) is 12.7 Å². The Bertz CT molecular complexity index is 1430. The van der Waals surface area contributed by atoms with Crippen molar-refractivity contribution in [1.29, 1.82) is 0 Å². The van der Waals surface area contributed by atoms with Crippen LogP contribution in [0.4, 0.5) is 23.4 Å². The molecule has 4 aromatic rings. The SMILES string of the molecule is Nc1cc2c(cn1)c(-c1cnn(C[C@@H](O)CO)c1)nn2C1CCC(Oc2nccc(C(F)(F)F)c2F)CC1. The first-order chi connectivity index (χ1) is 18.1. The minimum absolute atomic E-state index is 0.0709. The lowest BCUT2D eigenvalue weighted by molar-refractivity contribution is -0.140. The standard InChI is InChI=1S/C24H25F4N7O3/c25-21-18(24(26,27)28)5-6-30-23(21)38-16-3-1-14(2-4-16)35-19-7-20(29)31-9-17(19)22(33-35)13-8-32-34(10-13)11-15(37)12-36/h5-10,14-16,36-37H,1-4,11-12H2,(H2,29,31)/t14?,15-,16?/m1/s1. The van der Waals surface area contributed by atoms with Crippen LogP contribution in [0.3, 0.4) is 0 Å². The number of anilines is 1. The Kier molecular flexibility index (Phi) is 6.92. The number of hydrogen-bond acceptors (Lipinski definition) is 8. The minimum Gasteiger partial charge on any atom is -0.472 e. The normalized spacial score (nSPS) is 19.1. The van der Waals surface area contributed by atoms with E-state index in [1.54, 1.807) is 24.7 Å². The zero-order valence-corrected chi connectivity index (χ0v) is 20.0. The zero-order chi connectivity index (χ0) is 27.0. The van der Waals surface area contributed by atoms with E-state index in [1.807, 2.05) is 4.68 Å². The van der Waals surface area contributed by atoms with E-state index < -0.39 is 42.3 Å². The van der Waals surface area contributed by atoms with Gasteiger partial charge in [-0.3, -0.25) is 9.36 Å². The number of pyridine rings is 2. The lowest BCUT2D eigenvalue weighted by Crippen LogP contribution is -2.27. The van der Waals surface area contributed by atoms with Crippen LogP contribution in [0.25, 0.3) is 22.2 Å². The van der Waals surface area contributed by atoms with Gasteiger partial charge in [0.25, 0.3) is 5.88 Å². The van der Waals surface area contributed by atoms with Crippen molar-refractivity contribution in [3.05, 3.63) is 48.3 Å². The summed E-state index contributed by atoms with van der Waals surface area (Å²) in [5.74, 6) is -1.85. The maximum atomic E-state index is 14.4. The van der Waals surface area contributed by atoms with Gasteiger partial charge in [-0.25, -0.2) is 14.4 Å². The summed E-state index contributed by atoms with van der Waals surface area (Å²) in [4.78, 5) is 7.86. The molecular weight excluding hydrogens is 510 g/mol. The number of aliphatic hydroxyl groups excluding tert-OH is 2. The maximum Gasteiger partial charge on any atom is 0.419 e. The van der Waals surface area contributed by atoms with Crippen LogP contribution in [0, 0.1) is 5.82 Å². The summed E-state index contributed by atoms with van der Waals surface area (Å²) >= 11 is 0. The van der Waals surface area contributed by atoms with Crippen molar-refractivity contribution in [2.24, 2.45) is 0 Å². The molecule has 10 nitrogen and oxygen atoms in total. The first-order valence-electron chi connectivity index (χ1n) is 12.0. The molecule has 202 valence electrons. The first kappa shape index (κ1) is 25.9. The zero-order valence-electron chi connectivity index (χ0n) is 20.0. The molecule has 4 aromatic heterocycles. The third-order valence-corrected chi connectivity index (χ3v) is 6.56. The van der Waals surface area contributed by atoms with E-state index in [9.17, 15) is 22.7 Å². The van der Waals surface area contributed by atoms with Crippen molar-refractivity contribution in [1.82, 2.24) is 29.5 Å². The van der Waals surface area contributed by atoms with Gasteiger partial charge in [0.2, 0.25) is 0 Å². The quantitative estimate of drug-likeness (QED) is 0.307. The van der Waals surface area contributed by atoms with Gasteiger partial charge < -0.3 is 20.7 Å². The summed E-state index contributed by atoms with van der Waals surface area (Å²) in [6, 6.07) is 2.23. The van der Waals surface area contributed by atoms with Crippen LogP contribution in [-0.4, -0.2) is 58.6 Å². The highest BCUT2D eigenvalue weighted by atomic mass is 19.4. The second kappa shape index (κ2) is 10.2. The van der Waals surface area contributed by atoms with Gasteiger partial charge in [0.15, 0.2) is 5.82 Å². The summed E-state index contributed by atoms with van der Waals surface area (Å²) < 4.78 is 62.3. The Morgan fingerprint density at radius 3 is 2.63 bits per heavy atom. The number of rotatable bonds is 7. The number of hydrogen-bond donors (Lipinski definition) is 3. The van der Waals surface area contributed by atoms with Crippen LogP contribution in [0.1, 0.15) is 37.3 Å². The van der Waals surface area contributed by atoms with Crippen LogP contribution in [0.2, 0.25) is 0 Å². The molecule has 1 aliphatic carbocycles. The second-order valence-electron chi connectivity index (χ2n) is 9.23. The molecule has 0 spiro atoms. The molecule has 4 N–H and O–H groups in total. The molecule has 0 unspecified atom stereocenters. The number of aliphatic hydroxyl groups is 2. The van der Waals surface area contributed by atoms with E-state index in [4.69, 9.17) is 20.7 Å². The number of nitrogen functional groups attached to an aromatic ring is 1. The predicted molar refractivity (Wildman–Crippen MR) is 127 cm³/mol. The Hall–Kier alpha value is -3.78. The number of fused-ring (bicyclic) bond motifs is 1. The van der Waals surface area contributed by atoms with E-state index in [0.29, 0.717) is 48.8 Å². The van der Waals surface area contributed by atoms with Crippen LogP contribution in [0.5, 0.6) is 5.88 Å². The van der Waals surface area contributed by atoms with Gasteiger partial charge >= 0.3 is 6.18 Å². The van der Waals surface area contributed by atoms with E-state index in [1.165, 1.54) is 4.68 Å². The molecule has 1 fully saturated rings. The largest absolute Gasteiger partial charge is 0.472 e. The van der Waals surface area contributed by atoms with Gasteiger partial charge in [-0.05, 0) is 31.7 Å². The molecule has 0 bridgehead atoms. The molecule has 0 saturated heterocycles. The highest BCUT2D eigenvalue weighted by molar-refractivity contribution is 5.93. The first-order valence-corrected chi connectivity index (χ1v) is 12.0. The Balaban J connectivity index is 1.35. The van der Waals surface area contributed by atoms with Crippen LogP contribution >= 0.6 is 0 Å². The van der Waals surface area contributed by atoms with Gasteiger partial charge in [-0.15, -0.1) is 0 Å². The van der Waals surface area contributed by atoms with Crippen molar-refractivity contribution >= 4 is 16.7 Å². The van der Waals surface area contributed by atoms with Gasteiger partial charge in [0, 0.05) is 35.6 Å². The third-order valence-electron chi connectivity index (χ3n) is 6.56. The molecule has 0 amide bonds. The number of nitrogens with two attached hydrogens (primary N) is 1. The summed E-state index contributed by atoms with van der Waals surface area (Å²) in [7, 11) is 0. The summed E-state index contributed by atoms with van der Waals surface area (Å²) in [5.41, 5.74) is 6.60. The Labute approximate surface area is 213 Å². The highest BCUT2D eigenvalue weighted by Crippen LogP contribution is 2.38. The van der Waals surface area contributed by atoms with Crippen molar-refractivity contribution in [3.8, 4) is 17.1 Å². The van der Waals surface area contributed by atoms with Crippen LogP contribution < -0.4 is 10.5 Å². The summed E-state index contributed by atoms with van der Waals surface area (Å²) in [6.45, 7) is -0.273. The number of halogens is 4. The Morgan fingerprint density at radius 1 is 1.16 bits per heavy atom. The molecule has 0 aromatic carbocycles. The molecule has 1 atom stereocenters. The van der Waals surface area contributed by atoms with Gasteiger partial charge in [-0.1, -0.05) is 0 Å². The van der Waals surface area contributed by atoms with Gasteiger partial charge in [0.1, 0.15) is 17.6 Å². The molecule has 0 aliphatic heterocycles. The average Bonchev–Trinajstić information content (AvgIpc) is 3.49. The second-order valence-corrected chi connectivity index (χ2v) is 9.23. The van der Waals surface area contributed by atoms with Gasteiger partial charge in [-0.2, -0.15) is 23.4 Å². The third kappa shape index (κ3) is 5.13. The summed E-state index contributed by atoms with van der Waals surface area (Å²) in [5, 5.41) is 28.6. The topological polar surface area (TPSA) is 137 Å². The lowest BCUT2D eigenvalue weighted by Gasteiger charge is -2.29. The molecular formula is C24H25F4N7O3. The number of aromatic nitrogens is 6. The fourth-order valence-electron chi connectivity index (χ4n) is 4.69. The van der Waals surface area contributed by atoms with Crippen molar-refractivity contribution in [3.63, 3.8) is 0 Å². The fraction of sp³-hybridized carbons (Fsp3) is 0.417. The minimum atomic E-state index is -4.84. The van der Waals surface area contributed by atoms with Crippen LogP contribution in [0.15, 0.2) is 36.9 Å². The predicted octanol–water partition coefficient (Wildman–Crippen LogP) is 3.35.